The van der Waals surface area contributed by atoms with Gasteiger partial charge in [-0.1, -0.05) is 18.9 Å². The summed E-state index contributed by atoms with van der Waals surface area (Å²) in [5, 5.41) is 1.78. The van der Waals surface area contributed by atoms with E-state index >= 15 is 0 Å². The van der Waals surface area contributed by atoms with Gasteiger partial charge in [0.15, 0.2) is 0 Å². The SMILES string of the molecule is O=C(C1CCN(S(=O)(=O)c2cccs2)CC1)N1CCCCCC1c1ccncc1. The number of aromatic nitrogens is 1. The van der Waals surface area contributed by atoms with Crippen molar-refractivity contribution < 1.29 is 13.2 Å². The number of likely N-dealkylation sites (tertiary alicyclic amines) is 1. The lowest BCUT2D eigenvalue weighted by Gasteiger charge is -2.36. The van der Waals surface area contributed by atoms with Crippen molar-refractivity contribution in [2.75, 3.05) is 19.6 Å². The van der Waals surface area contributed by atoms with Crippen LogP contribution in [0.2, 0.25) is 0 Å². The normalized spacial score (nSPS) is 22.3. The van der Waals surface area contributed by atoms with Gasteiger partial charge in [0.1, 0.15) is 4.21 Å². The lowest BCUT2D eigenvalue weighted by molar-refractivity contribution is -0.139. The van der Waals surface area contributed by atoms with Crippen LogP contribution in [0.1, 0.15) is 50.1 Å². The van der Waals surface area contributed by atoms with Crippen molar-refractivity contribution in [1.82, 2.24) is 14.2 Å². The first-order valence-electron chi connectivity index (χ1n) is 10.3. The van der Waals surface area contributed by atoms with Crippen molar-refractivity contribution in [3.63, 3.8) is 0 Å². The summed E-state index contributed by atoms with van der Waals surface area (Å²) < 4.78 is 27.4. The summed E-state index contributed by atoms with van der Waals surface area (Å²) in [6, 6.07) is 7.51. The summed E-state index contributed by atoms with van der Waals surface area (Å²) >= 11 is 1.24. The van der Waals surface area contributed by atoms with Crippen LogP contribution in [0.4, 0.5) is 0 Å². The second-order valence-electron chi connectivity index (χ2n) is 7.79. The van der Waals surface area contributed by atoms with Crippen molar-refractivity contribution in [2.24, 2.45) is 5.92 Å². The number of hydrogen-bond acceptors (Lipinski definition) is 5. The van der Waals surface area contributed by atoms with Crippen LogP contribution in [0.25, 0.3) is 0 Å². The van der Waals surface area contributed by atoms with Crippen LogP contribution in [-0.4, -0.2) is 48.1 Å². The second kappa shape index (κ2) is 8.93. The van der Waals surface area contributed by atoms with Crippen LogP contribution < -0.4 is 0 Å². The lowest BCUT2D eigenvalue weighted by Crippen LogP contribution is -2.45. The van der Waals surface area contributed by atoms with Crippen LogP contribution in [-0.2, 0) is 14.8 Å². The minimum Gasteiger partial charge on any atom is -0.335 e. The average Bonchev–Trinajstić information content (AvgIpc) is 3.20. The Morgan fingerprint density at radius 1 is 1.00 bits per heavy atom. The third-order valence-corrected chi connectivity index (χ3v) is 9.29. The molecule has 2 aromatic heterocycles. The quantitative estimate of drug-likeness (QED) is 0.737. The molecular weight excluding hydrogens is 406 g/mol. The maximum atomic E-state index is 13.4. The average molecular weight is 434 g/mol. The maximum Gasteiger partial charge on any atom is 0.252 e. The number of nitrogens with zero attached hydrogens (tertiary/aromatic N) is 3. The van der Waals surface area contributed by atoms with Gasteiger partial charge < -0.3 is 4.90 Å². The molecule has 1 amide bonds. The first-order chi connectivity index (χ1) is 14.1. The molecule has 0 aromatic carbocycles. The summed E-state index contributed by atoms with van der Waals surface area (Å²) in [4.78, 5) is 19.6. The van der Waals surface area contributed by atoms with E-state index < -0.39 is 10.0 Å². The van der Waals surface area contributed by atoms with Gasteiger partial charge in [-0.3, -0.25) is 9.78 Å². The van der Waals surface area contributed by atoms with Crippen molar-refractivity contribution in [3.05, 3.63) is 47.6 Å². The molecule has 1 unspecified atom stereocenters. The smallest absolute Gasteiger partial charge is 0.252 e. The molecule has 0 radical (unpaired) electrons. The molecule has 4 rings (SSSR count). The molecule has 29 heavy (non-hydrogen) atoms. The van der Waals surface area contributed by atoms with Gasteiger partial charge in [-0.2, -0.15) is 4.31 Å². The number of amides is 1. The van der Waals surface area contributed by atoms with Gasteiger partial charge >= 0.3 is 0 Å². The molecule has 156 valence electrons. The molecule has 8 heteroatoms. The highest BCUT2D eigenvalue weighted by Crippen LogP contribution is 2.33. The van der Waals surface area contributed by atoms with Crippen LogP contribution in [0.5, 0.6) is 0 Å². The zero-order chi connectivity index (χ0) is 20.3. The highest BCUT2D eigenvalue weighted by atomic mass is 32.2. The Balaban J connectivity index is 1.45. The van der Waals surface area contributed by atoms with Gasteiger partial charge in [0.05, 0.1) is 6.04 Å². The second-order valence-corrected chi connectivity index (χ2v) is 10.9. The molecule has 2 aromatic rings. The first kappa shape index (κ1) is 20.5. The molecule has 0 aliphatic carbocycles. The number of piperidine rings is 1. The van der Waals surface area contributed by atoms with Crippen LogP contribution in [0, 0.1) is 5.92 Å². The molecule has 2 aliphatic rings. The summed E-state index contributed by atoms with van der Waals surface area (Å²) in [6.07, 6.45) is 9.01. The van der Waals surface area contributed by atoms with Gasteiger partial charge in [-0.15, -0.1) is 11.3 Å². The third-order valence-electron chi connectivity index (χ3n) is 6.02. The largest absolute Gasteiger partial charge is 0.335 e. The van der Waals surface area contributed by atoms with E-state index in [1.807, 2.05) is 12.1 Å². The predicted octanol–water partition coefficient (Wildman–Crippen LogP) is 3.69. The van der Waals surface area contributed by atoms with E-state index in [0.29, 0.717) is 30.1 Å². The van der Waals surface area contributed by atoms with E-state index in [-0.39, 0.29) is 17.9 Å². The van der Waals surface area contributed by atoms with Crippen molar-refractivity contribution >= 4 is 27.3 Å². The number of carbonyl (C=O) groups is 1. The number of hydrogen-bond donors (Lipinski definition) is 0. The summed E-state index contributed by atoms with van der Waals surface area (Å²) in [6.45, 7) is 1.59. The van der Waals surface area contributed by atoms with Gasteiger partial charge in [0.25, 0.3) is 10.0 Å². The monoisotopic (exact) mass is 433 g/mol. The molecule has 2 fully saturated rings. The van der Waals surface area contributed by atoms with Gasteiger partial charge in [-0.25, -0.2) is 8.42 Å². The number of sulfonamides is 1. The third kappa shape index (κ3) is 4.39. The molecular formula is C21H27N3O3S2. The fourth-order valence-electron chi connectivity index (χ4n) is 4.42. The number of rotatable bonds is 4. The van der Waals surface area contributed by atoms with E-state index in [1.54, 1.807) is 29.9 Å². The Labute approximate surface area is 176 Å². The van der Waals surface area contributed by atoms with Crippen LogP contribution >= 0.6 is 11.3 Å². The van der Waals surface area contributed by atoms with Crippen molar-refractivity contribution in [2.45, 2.75) is 48.8 Å². The number of pyridine rings is 1. The van der Waals surface area contributed by atoms with Gasteiger partial charge in [0, 0.05) is 37.9 Å². The fourth-order valence-corrected chi connectivity index (χ4v) is 7.03. The van der Waals surface area contributed by atoms with E-state index in [2.05, 4.69) is 9.88 Å². The Hall–Kier alpha value is -1.77. The van der Waals surface area contributed by atoms with Gasteiger partial charge in [-0.05, 0) is 54.8 Å². The highest BCUT2D eigenvalue weighted by molar-refractivity contribution is 7.91. The number of thiophene rings is 1. The van der Waals surface area contributed by atoms with Crippen molar-refractivity contribution in [3.8, 4) is 0 Å². The minimum absolute atomic E-state index is 0.0980. The fraction of sp³-hybridized carbons (Fsp3) is 0.524. The van der Waals surface area contributed by atoms with Crippen molar-refractivity contribution in [1.29, 1.82) is 0 Å². The molecule has 0 bridgehead atoms. The molecule has 6 nitrogen and oxygen atoms in total. The Morgan fingerprint density at radius 2 is 1.76 bits per heavy atom. The first-order valence-corrected chi connectivity index (χ1v) is 12.6. The summed E-state index contributed by atoms with van der Waals surface area (Å²) in [5.41, 5.74) is 1.15. The highest BCUT2D eigenvalue weighted by Gasteiger charge is 2.36. The minimum atomic E-state index is -3.43. The summed E-state index contributed by atoms with van der Waals surface area (Å²) in [7, 11) is -3.43. The lowest BCUT2D eigenvalue weighted by atomic mass is 9.94. The summed E-state index contributed by atoms with van der Waals surface area (Å²) in [5.74, 6) is 0.0779. The Bertz CT molecular complexity index is 908. The molecule has 0 saturated carbocycles. The van der Waals surface area contributed by atoms with Gasteiger partial charge in [0.2, 0.25) is 5.91 Å². The van der Waals surface area contributed by atoms with E-state index in [1.165, 1.54) is 15.6 Å². The van der Waals surface area contributed by atoms with Crippen LogP contribution in [0.3, 0.4) is 0 Å². The number of carbonyl (C=O) groups excluding carboxylic acids is 1. The standard InChI is InChI=1S/C21H27N3O3S2/c25-21(24-13-3-1-2-5-19(24)17-7-11-22-12-8-17)18-9-14-23(15-10-18)29(26,27)20-6-4-16-28-20/h4,6-8,11-12,16,18-19H,1-3,5,9-10,13-15H2. The molecule has 1 atom stereocenters. The maximum absolute atomic E-state index is 13.4. The Kier molecular flexibility index (Phi) is 6.32. The topological polar surface area (TPSA) is 70.6 Å². The van der Waals surface area contributed by atoms with E-state index in [9.17, 15) is 13.2 Å². The zero-order valence-electron chi connectivity index (χ0n) is 16.4. The Morgan fingerprint density at radius 3 is 2.45 bits per heavy atom. The van der Waals surface area contributed by atoms with E-state index in [0.717, 1.165) is 37.8 Å². The molecule has 0 N–H and O–H groups in total. The molecule has 0 spiro atoms. The van der Waals surface area contributed by atoms with E-state index in [4.69, 9.17) is 0 Å². The van der Waals surface area contributed by atoms with Crippen LogP contribution in [0.15, 0.2) is 46.2 Å². The molecule has 2 saturated heterocycles. The molecule has 2 aliphatic heterocycles. The predicted molar refractivity (Wildman–Crippen MR) is 113 cm³/mol. The zero-order valence-corrected chi connectivity index (χ0v) is 18.1. The molecule has 4 heterocycles.